The van der Waals surface area contributed by atoms with E-state index in [0.717, 1.165) is 0 Å². The molecule has 0 unspecified atom stereocenters. The smallest absolute Gasteiger partial charge is 0.329 e. The molecule has 0 saturated carbocycles. The summed E-state index contributed by atoms with van der Waals surface area (Å²) in [5, 5.41) is 11.7. The molecule has 1 aliphatic rings. The fourth-order valence-electron chi connectivity index (χ4n) is 1.89. The van der Waals surface area contributed by atoms with Crippen LogP contribution in [0.3, 0.4) is 0 Å². The highest BCUT2D eigenvalue weighted by molar-refractivity contribution is 5.88. The zero-order valence-electron chi connectivity index (χ0n) is 10.9. The standard InChI is InChI=1S/C12H19NO6/c1-2-19-10(15)4-3-9(14)13-12(11(16)17)5-7-18-8-6-12/h2-8H2,1H3,(H,13,14)(H,16,17). The van der Waals surface area contributed by atoms with Gasteiger partial charge in [-0.15, -0.1) is 0 Å². The molecule has 1 amide bonds. The molecule has 7 nitrogen and oxygen atoms in total. The molecule has 0 atom stereocenters. The van der Waals surface area contributed by atoms with E-state index >= 15 is 0 Å². The second-order valence-corrected chi connectivity index (χ2v) is 4.35. The van der Waals surface area contributed by atoms with Crippen LogP contribution in [-0.4, -0.2) is 48.3 Å². The molecule has 0 bridgehead atoms. The molecule has 108 valence electrons. The van der Waals surface area contributed by atoms with Crippen molar-refractivity contribution in [3.05, 3.63) is 0 Å². The summed E-state index contributed by atoms with van der Waals surface area (Å²) in [5.41, 5.74) is -1.27. The highest BCUT2D eigenvalue weighted by Gasteiger charge is 2.41. The number of nitrogens with one attached hydrogen (secondary N) is 1. The fourth-order valence-corrected chi connectivity index (χ4v) is 1.89. The lowest BCUT2D eigenvalue weighted by Crippen LogP contribution is -2.57. The third kappa shape index (κ3) is 4.51. The van der Waals surface area contributed by atoms with Gasteiger partial charge >= 0.3 is 11.9 Å². The number of carbonyl (C=O) groups excluding carboxylic acids is 2. The Morgan fingerprint density at radius 3 is 2.42 bits per heavy atom. The van der Waals surface area contributed by atoms with E-state index in [1.807, 2.05) is 0 Å². The van der Waals surface area contributed by atoms with Crippen molar-refractivity contribution in [2.75, 3.05) is 19.8 Å². The van der Waals surface area contributed by atoms with E-state index in [4.69, 9.17) is 9.47 Å². The first-order valence-corrected chi connectivity index (χ1v) is 6.28. The first-order chi connectivity index (χ1) is 9.00. The Morgan fingerprint density at radius 1 is 1.26 bits per heavy atom. The molecule has 19 heavy (non-hydrogen) atoms. The van der Waals surface area contributed by atoms with Gasteiger partial charge in [-0.25, -0.2) is 4.79 Å². The van der Waals surface area contributed by atoms with Crippen LogP contribution in [0.5, 0.6) is 0 Å². The zero-order chi connectivity index (χ0) is 14.3. The van der Waals surface area contributed by atoms with E-state index in [1.165, 1.54) is 0 Å². The number of carboxylic acid groups (broad SMARTS) is 1. The van der Waals surface area contributed by atoms with Crippen LogP contribution < -0.4 is 5.32 Å². The average Bonchev–Trinajstić information content (AvgIpc) is 2.38. The topological polar surface area (TPSA) is 102 Å². The number of carbonyl (C=O) groups is 3. The number of carboxylic acids is 1. The van der Waals surface area contributed by atoms with Gasteiger partial charge in [0.05, 0.1) is 13.0 Å². The van der Waals surface area contributed by atoms with Crippen molar-refractivity contribution in [2.45, 2.75) is 38.1 Å². The summed E-state index contributed by atoms with van der Waals surface area (Å²) in [6.07, 6.45) is 0.335. The van der Waals surface area contributed by atoms with E-state index in [2.05, 4.69) is 5.32 Å². The van der Waals surface area contributed by atoms with Crippen LogP contribution in [0.2, 0.25) is 0 Å². The molecular formula is C12H19NO6. The highest BCUT2D eigenvalue weighted by Crippen LogP contribution is 2.21. The number of rotatable bonds is 6. The average molecular weight is 273 g/mol. The summed E-state index contributed by atoms with van der Waals surface area (Å²) in [6, 6.07) is 0. The fraction of sp³-hybridized carbons (Fsp3) is 0.750. The summed E-state index contributed by atoms with van der Waals surface area (Å²) >= 11 is 0. The predicted molar refractivity (Wildman–Crippen MR) is 64.4 cm³/mol. The molecule has 1 aliphatic heterocycles. The molecule has 1 saturated heterocycles. The summed E-state index contributed by atoms with van der Waals surface area (Å²) in [6.45, 7) is 2.53. The molecule has 0 aromatic heterocycles. The second kappa shape index (κ2) is 7.08. The van der Waals surface area contributed by atoms with E-state index in [-0.39, 0.29) is 32.3 Å². The first kappa shape index (κ1) is 15.4. The Bertz CT molecular complexity index is 348. The number of hydrogen-bond acceptors (Lipinski definition) is 5. The van der Waals surface area contributed by atoms with Crippen molar-refractivity contribution >= 4 is 17.8 Å². The van der Waals surface area contributed by atoms with Gasteiger partial charge in [-0.05, 0) is 6.92 Å². The molecule has 0 radical (unpaired) electrons. The highest BCUT2D eigenvalue weighted by atomic mass is 16.5. The molecule has 1 heterocycles. The largest absolute Gasteiger partial charge is 0.480 e. The van der Waals surface area contributed by atoms with Crippen molar-refractivity contribution in [3.63, 3.8) is 0 Å². The van der Waals surface area contributed by atoms with Crippen molar-refractivity contribution in [3.8, 4) is 0 Å². The first-order valence-electron chi connectivity index (χ1n) is 6.28. The van der Waals surface area contributed by atoms with Gasteiger partial charge < -0.3 is 19.9 Å². The van der Waals surface area contributed by atoms with E-state index < -0.39 is 23.4 Å². The molecule has 1 fully saturated rings. The van der Waals surface area contributed by atoms with Gasteiger partial charge in [-0.2, -0.15) is 0 Å². The van der Waals surface area contributed by atoms with Gasteiger partial charge in [-0.3, -0.25) is 9.59 Å². The molecule has 1 rings (SSSR count). The Labute approximate surface area is 111 Å². The maximum Gasteiger partial charge on any atom is 0.329 e. The zero-order valence-corrected chi connectivity index (χ0v) is 10.9. The maximum atomic E-state index is 11.7. The number of aliphatic carboxylic acids is 1. The van der Waals surface area contributed by atoms with Gasteiger partial charge in [0.1, 0.15) is 5.54 Å². The van der Waals surface area contributed by atoms with E-state index in [9.17, 15) is 19.5 Å². The maximum absolute atomic E-state index is 11.7. The molecule has 0 spiro atoms. The van der Waals surface area contributed by atoms with E-state index in [0.29, 0.717) is 13.2 Å². The predicted octanol–water partition coefficient (Wildman–Crippen LogP) is 0.0797. The van der Waals surface area contributed by atoms with Crippen molar-refractivity contribution in [2.24, 2.45) is 0 Å². The minimum absolute atomic E-state index is 0.0497. The SMILES string of the molecule is CCOC(=O)CCC(=O)NC1(C(=O)O)CCOCC1. The third-order valence-electron chi connectivity index (χ3n) is 3.00. The summed E-state index contributed by atoms with van der Waals surface area (Å²) in [4.78, 5) is 34.1. The van der Waals surface area contributed by atoms with Crippen molar-refractivity contribution < 1.29 is 29.0 Å². The number of amides is 1. The van der Waals surface area contributed by atoms with Gasteiger partial charge in [0.15, 0.2) is 0 Å². The molecule has 2 N–H and O–H groups in total. The Hall–Kier alpha value is -1.63. The molecular weight excluding hydrogens is 254 g/mol. The normalized spacial score (nSPS) is 17.5. The van der Waals surface area contributed by atoms with E-state index in [1.54, 1.807) is 6.92 Å². The van der Waals surface area contributed by atoms with Crippen LogP contribution in [0.25, 0.3) is 0 Å². The minimum atomic E-state index is -1.27. The monoisotopic (exact) mass is 273 g/mol. The van der Waals surface area contributed by atoms with Crippen LogP contribution in [0.1, 0.15) is 32.6 Å². The Morgan fingerprint density at radius 2 is 1.89 bits per heavy atom. The molecule has 7 heteroatoms. The number of hydrogen-bond donors (Lipinski definition) is 2. The van der Waals surface area contributed by atoms with Crippen LogP contribution in [0, 0.1) is 0 Å². The van der Waals surface area contributed by atoms with Crippen LogP contribution in [0.15, 0.2) is 0 Å². The summed E-state index contributed by atoms with van der Waals surface area (Å²) < 4.78 is 9.80. The Balaban J connectivity index is 2.48. The van der Waals surface area contributed by atoms with Crippen LogP contribution in [-0.2, 0) is 23.9 Å². The Kier molecular flexibility index (Phi) is 5.75. The molecule has 0 aromatic carbocycles. The van der Waals surface area contributed by atoms with Crippen LogP contribution in [0.4, 0.5) is 0 Å². The van der Waals surface area contributed by atoms with Crippen molar-refractivity contribution in [1.82, 2.24) is 5.32 Å². The summed E-state index contributed by atoms with van der Waals surface area (Å²) in [5.74, 6) is -1.99. The lowest BCUT2D eigenvalue weighted by atomic mass is 9.90. The van der Waals surface area contributed by atoms with Gasteiger partial charge in [0.25, 0.3) is 0 Å². The quantitative estimate of drug-likeness (QED) is 0.664. The van der Waals surface area contributed by atoms with Gasteiger partial charge in [-0.1, -0.05) is 0 Å². The lowest BCUT2D eigenvalue weighted by molar-refractivity contribution is -0.152. The number of esters is 1. The second-order valence-electron chi connectivity index (χ2n) is 4.35. The molecule has 0 aromatic rings. The van der Waals surface area contributed by atoms with Gasteiger partial charge in [0.2, 0.25) is 5.91 Å². The van der Waals surface area contributed by atoms with Crippen molar-refractivity contribution in [1.29, 1.82) is 0 Å². The number of ether oxygens (including phenoxy) is 2. The minimum Gasteiger partial charge on any atom is -0.480 e. The molecule has 0 aliphatic carbocycles. The van der Waals surface area contributed by atoms with Crippen LogP contribution >= 0.6 is 0 Å². The lowest BCUT2D eigenvalue weighted by Gasteiger charge is -2.33. The third-order valence-corrected chi connectivity index (χ3v) is 3.00. The van der Waals surface area contributed by atoms with Gasteiger partial charge in [0, 0.05) is 32.5 Å². The summed E-state index contributed by atoms with van der Waals surface area (Å²) in [7, 11) is 0.